The molecule has 1 atom stereocenters. The van der Waals surface area contributed by atoms with Gasteiger partial charge in [0.25, 0.3) is 0 Å². The zero-order valence-electron chi connectivity index (χ0n) is 9.96. The van der Waals surface area contributed by atoms with Crippen LogP contribution in [0.1, 0.15) is 25.3 Å². The molecule has 0 saturated carbocycles. The second-order valence-electron chi connectivity index (χ2n) is 3.99. The van der Waals surface area contributed by atoms with Crippen molar-refractivity contribution in [3.8, 4) is 0 Å². The zero-order chi connectivity index (χ0) is 12.7. The number of hydrogen-bond donors (Lipinski definition) is 1. The van der Waals surface area contributed by atoms with Gasteiger partial charge in [-0.15, -0.1) is 0 Å². The molecule has 0 aromatic heterocycles. The molecule has 0 amide bonds. The Morgan fingerprint density at radius 2 is 1.94 bits per heavy atom. The lowest BCUT2D eigenvalue weighted by Crippen LogP contribution is -2.20. The molecule has 0 spiro atoms. The summed E-state index contributed by atoms with van der Waals surface area (Å²) in [7, 11) is 0. The third-order valence-electron chi connectivity index (χ3n) is 2.45. The van der Waals surface area contributed by atoms with E-state index in [9.17, 15) is 13.9 Å². The van der Waals surface area contributed by atoms with Crippen LogP contribution in [0.4, 0.5) is 8.78 Å². The van der Waals surface area contributed by atoms with E-state index in [-0.39, 0.29) is 18.6 Å². The summed E-state index contributed by atoms with van der Waals surface area (Å²) in [5.41, 5.74) is -0.0842. The molecule has 0 aliphatic heterocycles. The molecule has 1 rings (SSSR count). The highest BCUT2D eigenvalue weighted by molar-refractivity contribution is 5.20. The van der Waals surface area contributed by atoms with Crippen molar-refractivity contribution in [2.24, 2.45) is 0 Å². The quantitative estimate of drug-likeness (QED) is 0.747. The first kappa shape index (κ1) is 14.1. The Labute approximate surface area is 100 Å². The van der Waals surface area contributed by atoms with Gasteiger partial charge in [0.05, 0.1) is 12.7 Å². The molecule has 1 unspecified atom stereocenters. The Balaban J connectivity index is 2.42. The first-order valence-electron chi connectivity index (χ1n) is 5.83. The Morgan fingerprint density at radius 3 is 2.53 bits per heavy atom. The molecule has 0 heterocycles. The van der Waals surface area contributed by atoms with Crippen molar-refractivity contribution < 1.29 is 18.6 Å². The van der Waals surface area contributed by atoms with Crippen LogP contribution >= 0.6 is 0 Å². The summed E-state index contributed by atoms with van der Waals surface area (Å²) in [5, 5.41) is 9.59. The lowest BCUT2D eigenvalue weighted by molar-refractivity contribution is 0.0352. The summed E-state index contributed by atoms with van der Waals surface area (Å²) in [6.07, 6.45) is 0.988. The second kappa shape index (κ2) is 7.35. The fourth-order valence-electron chi connectivity index (χ4n) is 1.49. The molecule has 1 N–H and O–H groups in total. The monoisotopic (exact) mass is 244 g/mol. The molecule has 0 aliphatic rings. The maximum atomic E-state index is 13.3. The molecule has 0 saturated heterocycles. The average Bonchev–Trinajstić information content (AvgIpc) is 2.30. The van der Waals surface area contributed by atoms with Crippen molar-refractivity contribution in [1.29, 1.82) is 0 Å². The van der Waals surface area contributed by atoms with Gasteiger partial charge in [-0.25, -0.2) is 8.78 Å². The number of unbranched alkanes of at least 4 members (excludes halogenated alkanes) is 1. The van der Waals surface area contributed by atoms with E-state index in [0.717, 1.165) is 12.8 Å². The molecule has 96 valence electrons. The first-order chi connectivity index (χ1) is 8.15. The smallest absolute Gasteiger partial charge is 0.129 e. The van der Waals surface area contributed by atoms with E-state index < -0.39 is 17.7 Å². The fraction of sp³-hybridized carbons (Fsp3) is 0.538. The van der Waals surface area contributed by atoms with Gasteiger partial charge in [-0.3, -0.25) is 0 Å². The summed E-state index contributed by atoms with van der Waals surface area (Å²) in [4.78, 5) is 0. The van der Waals surface area contributed by atoms with E-state index in [4.69, 9.17) is 4.74 Å². The van der Waals surface area contributed by atoms with Crippen molar-refractivity contribution in [3.63, 3.8) is 0 Å². The molecular weight excluding hydrogens is 226 g/mol. The van der Waals surface area contributed by atoms with Gasteiger partial charge in [0, 0.05) is 18.6 Å². The molecule has 0 aliphatic carbocycles. The van der Waals surface area contributed by atoms with Crippen molar-refractivity contribution >= 4 is 0 Å². The van der Waals surface area contributed by atoms with E-state index >= 15 is 0 Å². The van der Waals surface area contributed by atoms with Crippen LogP contribution in [0.3, 0.4) is 0 Å². The van der Waals surface area contributed by atoms with E-state index in [1.807, 2.05) is 6.92 Å². The number of aliphatic hydroxyl groups excluding tert-OH is 1. The van der Waals surface area contributed by atoms with Crippen LogP contribution < -0.4 is 0 Å². The van der Waals surface area contributed by atoms with E-state index in [1.165, 1.54) is 18.2 Å². The Bertz CT molecular complexity index is 322. The maximum Gasteiger partial charge on any atom is 0.129 e. The molecule has 2 nitrogen and oxygen atoms in total. The highest BCUT2D eigenvalue weighted by Gasteiger charge is 2.13. The van der Waals surface area contributed by atoms with Gasteiger partial charge in [-0.1, -0.05) is 19.4 Å². The molecule has 0 radical (unpaired) electrons. The van der Waals surface area contributed by atoms with Crippen molar-refractivity contribution in [2.45, 2.75) is 32.3 Å². The lowest BCUT2D eigenvalue weighted by atomic mass is 10.1. The lowest BCUT2D eigenvalue weighted by Gasteiger charge is -2.12. The molecule has 0 fully saturated rings. The molecule has 17 heavy (non-hydrogen) atoms. The van der Waals surface area contributed by atoms with Crippen LogP contribution in [0.25, 0.3) is 0 Å². The topological polar surface area (TPSA) is 29.5 Å². The summed E-state index contributed by atoms with van der Waals surface area (Å²) in [5.74, 6) is -1.25. The van der Waals surface area contributed by atoms with E-state index in [0.29, 0.717) is 6.61 Å². The zero-order valence-corrected chi connectivity index (χ0v) is 9.96. The Morgan fingerprint density at radius 1 is 1.29 bits per heavy atom. The SMILES string of the molecule is CCCCOCC(O)Cc1c(F)cccc1F. The largest absolute Gasteiger partial charge is 0.390 e. The van der Waals surface area contributed by atoms with Crippen LogP contribution in [0.2, 0.25) is 0 Å². The van der Waals surface area contributed by atoms with Crippen LogP contribution in [0, 0.1) is 11.6 Å². The summed E-state index contributed by atoms with van der Waals surface area (Å²) >= 11 is 0. The van der Waals surface area contributed by atoms with Crippen LogP contribution in [0.15, 0.2) is 18.2 Å². The minimum atomic E-state index is -0.877. The molecule has 0 bridgehead atoms. The van der Waals surface area contributed by atoms with Crippen LogP contribution in [-0.2, 0) is 11.2 Å². The van der Waals surface area contributed by atoms with Gasteiger partial charge in [0.2, 0.25) is 0 Å². The van der Waals surface area contributed by atoms with Gasteiger partial charge < -0.3 is 9.84 Å². The normalized spacial score (nSPS) is 12.7. The molecular formula is C13H18F2O2. The van der Waals surface area contributed by atoms with E-state index in [1.54, 1.807) is 0 Å². The number of rotatable bonds is 7. The predicted molar refractivity (Wildman–Crippen MR) is 61.8 cm³/mol. The van der Waals surface area contributed by atoms with Gasteiger partial charge in [-0.05, 0) is 18.6 Å². The predicted octanol–water partition coefficient (Wildman–Crippen LogP) is 2.68. The second-order valence-corrected chi connectivity index (χ2v) is 3.99. The minimum Gasteiger partial charge on any atom is -0.390 e. The number of hydrogen-bond acceptors (Lipinski definition) is 2. The van der Waals surface area contributed by atoms with Gasteiger partial charge >= 0.3 is 0 Å². The van der Waals surface area contributed by atoms with Gasteiger partial charge in [0.1, 0.15) is 11.6 Å². The number of ether oxygens (including phenoxy) is 1. The Kier molecular flexibility index (Phi) is 6.08. The fourth-order valence-corrected chi connectivity index (χ4v) is 1.49. The third-order valence-corrected chi connectivity index (χ3v) is 2.45. The van der Waals surface area contributed by atoms with Crippen molar-refractivity contribution in [2.75, 3.05) is 13.2 Å². The highest BCUT2D eigenvalue weighted by Crippen LogP contribution is 2.14. The first-order valence-corrected chi connectivity index (χ1v) is 5.83. The van der Waals surface area contributed by atoms with Crippen molar-refractivity contribution in [1.82, 2.24) is 0 Å². The number of halogens is 2. The van der Waals surface area contributed by atoms with Crippen LogP contribution in [0.5, 0.6) is 0 Å². The number of aliphatic hydroxyl groups is 1. The molecule has 1 aromatic carbocycles. The van der Waals surface area contributed by atoms with Gasteiger partial charge in [-0.2, -0.15) is 0 Å². The maximum absolute atomic E-state index is 13.3. The van der Waals surface area contributed by atoms with E-state index in [2.05, 4.69) is 0 Å². The number of benzene rings is 1. The highest BCUT2D eigenvalue weighted by atomic mass is 19.1. The summed E-state index contributed by atoms with van der Waals surface area (Å²) < 4.78 is 31.7. The average molecular weight is 244 g/mol. The summed E-state index contributed by atoms with van der Waals surface area (Å²) in [6.45, 7) is 2.70. The molecule has 1 aromatic rings. The Hall–Kier alpha value is -1.00. The van der Waals surface area contributed by atoms with Gasteiger partial charge in [0.15, 0.2) is 0 Å². The minimum absolute atomic E-state index is 0.0648. The summed E-state index contributed by atoms with van der Waals surface area (Å²) in [6, 6.07) is 3.67. The third kappa shape index (κ3) is 4.79. The molecule has 4 heteroatoms. The standard InChI is InChI=1S/C13H18F2O2/c1-2-3-7-17-9-10(16)8-11-12(14)5-4-6-13(11)15/h4-6,10,16H,2-3,7-9H2,1H3. The van der Waals surface area contributed by atoms with Crippen molar-refractivity contribution in [3.05, 3.63) is 35.4 Å². The van der Waals surface area contributed by atoms with Crippen LogP contribution in [-0.4, -0.2) is 24.4 Å².